The number of rotatable bonds is 2. The van der Waals surface area contributed by atoms with Crippen molar-refractivity contribution in [3.05, 3.63) is 29.3 Å². The molecule has 116 valence electrons. The molecule has 2 rings (SSSR count). The molecule has 2 amide bonds. The molecule has 0 unspecified atom stereocenters. The molecular weight excluding hydrogens is 284 g/mol. The van der Waals surface area contributed by atoms with E-state index in [0.717, 1.165) is 24.4 Å². The van der Waals surface area contributed by atoms with Crippen LogP contribution in [0.2, 0.25) is 5.02 Å². The molecule has 1 saturated carbocycles. The van der Waals surface area contributed by atoms with Crippen LogP contribution < -0.4 is 10.6 Å². The van der Waals surface area contributed by atoms with Crippen LogP contribution in [0.15, 0.2) is 24.3 Å². The minimum atomic E-state index is -0.142. The SMILES string of the molecule is CC(C)(C)C1CCC(NC(=O)Nc2cccc(Cl)c2)CC1. The number of carbonyl (C=O) groups excluding carboxylic acids is 1. The second-order valence-corrected chi connectivity index (χ2v) is 7.46. The van der Waals surface area contributed by atoms with Crippen LogP contribution in [0, 0.1) is 11.3 Å². The summed E-state index contributed by atoms with van der Waals surface area (Å²) in [4.78, 5) is 12.0. The molecule has 0 aliphatic heterocycles. The first-order valence-electron chi connectivity index (χ1n) is 7.67. The van der Waals surface area contributed by atoms with Gasteiger partial charge in [0, 0.05) is 16.8 Å². The first-order chi connectivity index (χ1) is 9.84. The molecule has 0 atom stereocenters. The highest BCUT2D eigenvalue weighted by Gasteiger charge is 2.30. The van der Waals surface area contributed by atoms with Gasteiger partial charge in [0.05, 0.1) is 0 Å². The third kappa shape index (κ3) is 4.92. The molecule has 3 nitrogen and oxygen atoms in total. The highest BCUT2D eigenvalue weighted by molar-refractivity contribution is 6.30. The molecule has 1 aromatic rings. The predicted octanol–water partition coefficient (Wildman–Crippen LogP) is 5.07. The van der Waals surface area contributed by atoms with Gasteiger partial charge >= 0.3 is 6.03 Å². The zero-order chi connectivity index (χ0) is 15.5. The van der Waals surface area contributed by atoms with Crippen molar-refractivity contribution in [3.63, 3.8) is 0 Å². The Hall–Kier alpha value is -1.22. The maximum atomic E-state index is 12.0. The molecule has 0 heterocycles. The number of carbonyl (C=O) groups is 1. The molecule has 1 aliphatic carbocycles. The van der Waals surface area contributed by atoms with E-state index in [9.17, 15) is 4.79 Å². The summed E-state index contributed by atoms with van der Waals surface area (Å²) in [5, 5.41) is 6.53. The number of hydrogen-bond acceptors (Lipinski definition) is 1. The maximum Gasteiger partial charge on any atom is 0.319 e. The van der Waals surface area contributed by atoms with Gasteiger partial charge in [-0.3, -0.25) is 0 Å². The monoisotopic (exact) mass is 308 g/mol. The first-order valence-corrected chi connectivity index (χ1v) is 8.05. The number of amides is 2. The number of urea groups is 1. The van der Waals surface area contributed by atoms with Crippen molar-refractivity contribution < 1.29 is 4.79 Å². The Bertz CT molecular complexity index is 488. The molecular formula is C17H25ClN2O. The van der Waals surface area contributed by atoms with Gasteiger partial charge in [-0.05, 0) is 55.2 Å². The van der Waals surface area contributed by atoms with Crippen LogP contribution in [-0.2, 0) is 0 Å². The van der Waals surface area contributed by atoms with Gasteiger partial charge in [-0.2, -0.15) is 0 Å². The zero-order valence-electron chi connectivity index (χ0n) is 13.1. The second-order valence-electron chi connectivity index (χ2n) is 7.02. The molecule has 0 radical (unpaired) electrons. The molecule has 1 fully saturated rings. The average molecular weight is 309 g/mol. The summed E-state index contributed by atoms with van der Waals surface area (Å²) in [5.41, 5.74) is 1.09. The lowest BCUT2D eigenvalue weighted by atomic mass is 9.71. The van der Waals surface area contributed by atoms with E-state index < -0.39 is 0 Å². The molecule has 21 heavy (non-hydrogen) atoms. The summed E-state index contributed by atoms with van der Waals surface area (Å²) in [6.45, 7) is 6.91. The fourth-order valence-corrected chi connectivity index (χ4v) is 3.21. The van der Waals surface area contributed by atoms with Crippen LogP contribution in [0.3, 0.4) is 0 Å². The van der Waals surface area contributed by atoms with E-state index in [1.807, 2.05) is 12.1 Å². The van der Waals surface area contributed by atoms with E-state index in [4.69, 9.17) is 11.6 Å². The van der Waals surface area contributed by atoms with Gasteiger partial charge in [-0.25, -0.2) is 4.79 Å². The quantitative estimate of drug-likeness (QED) is 0.787. The van der Waals surface area contributed by atoms with E-state index in [-0.39, 0.29) is 12.1 Å². The first kappa shape index (κ1) is 16.2. The van der Waals surface area contributed by atoms with Crippen molar-refractivity contribution in [2.75, 3.05) is 5.32 Å². The van der Waals surface area contributed by atoms with Crippen molar-refractivity contribution in [1.82, 2.24) is 5.32 Å². The van der Waals surface area contributed by atoms with E-state index in [1.165, 1.54) is 12.8 Å². The van der Waals surface area contributed by atoms with Gasteiger partial charge in [-0.15, -0.1) is 0 Å². The van der Waals surface area contributed by atoms with Crippen molar-refractivity contribution in [1.29, 1.82) is 0 Å². The highest BCUT2D eigenvalue weighted by Crippen LogP contribution is 2.37. The van der Waals surface area contributed by atoms with E-state index in [2.05, 4.69) is 31.4 Å². The fraction of sp³-hybridized carbons (Fsp3) is 0.588. The summed E-state index contributed by atoms with van der Waals surface area (Å²) in [6.07, 6.45) is 4.49. The number of nitrogens with one attached hydrogen (secondary N) is 2. The summed E-state index contributed by atoms with van der Waals surface area (Å²) < 4.78 is 0. The molecule has 4 heteroatoms. The number of halogens is 1. The molecule has 0 spiro atoms. The van der Waals surface area contributed by atoms with E-state index in [0.29, 0.717) is 10.4 Å². The number of benzene rings is 1. The van der Waals surface area contributed by atoms with Gasteiger partial charge in [0.15, 0.2) is 0 Å². The highest BCUT2D eigenvalue weighted by atomic mass is 35.5. The van der Waals surface area contributed by atoms with Gasteiger partial charge in [0.25, 0.3) is 0 Å². The van der Waals surface area contributed by atoms with Crippen LogP contribution in [0.4, 0.5) is 10.5 Å². The third-order valence-corrected chi connectivity index (χ3v) is 4.60. The van der Waals surface area contributed by atoms with Crippen LogP contribution in [-0.4, -0.2) is 12.1 Å². The Morgan fingerprint density at radius 1 is 1.19 bits per heavy atom. The smallest absolute Gasteiger partial charge is 0.319 e. The van der Waals surface area contributed by atoms with Gasteiger partial charge in [0.1, 0.15) is 0 Å². The minimum Gasteiger partial charge on any atom is -0.335 e. The molecule has 1 aliphatic rings. The molecule has 2 N–H and O–H groups in total. The Balaban J connectivity index is 1.79. The summed E-state index contributed by atoms with van der Waals surface area (Å²) in [6, 6.07) is 7.34. The van der Waals surface area contributed by atoms with Crippen LogP contribution in [0.1, 0.15) is 46.5 Å². The van der Waals surface area contributed by atoms with Crippen LogP contribution in [0.25, 0.3) is 0 Å². The van der Waals surface area contributed by atoms with Crippen LogP contribution >= 0.6 is 11.6 Å². The Morgan fingerprint density at radius 3 is 2.43 bits per heavy atom. The summed E-state index contributed by atoms with van der Waals surface area (Å²) in [5.74, 6) is 0.756. The lowest BCUT2D eigenvalue weighted by molar-refractivity contribution is 0.161. The molecule has 1 aromatic carbocycles. The van der Waals surface area contributed by atoms with E-state index >= 15 is 0 Å². The Labute approximate surface area is 132 Å². The predicted molar refractivity (Wildman–Crippen MR) is 88.8 cm³/mol. The number of hydrogen-bond donors (Lipinski definition) is 2. The minimum absolute atomic E-state index is 0.142. The van der Waals surface area contributed by atoms with Gasteiger partial charge in [-0.1, -0.05) is 38.4 Å². The standard InChI is InChI=1S/C17H25ClN2O/c1-17(2,3)12-7-9-14(10-8-12)19-16(21)20-15-6-4-5-13(18)11-15/h4-6,11-12,14H,7-10H2,1-3H3,(H2,19,20,21). The molecule has 0 aromatic heterocycles. The van der Waals surface area contributed by atoms with E-state index in [1.54, 1.807) is 12.1 Å². The van der Waals surface area contributed by atoms with Crippen molar-refractivity contribution in [3.8, 4) is 0 Å². The third-order valence-electron chi connectivity index (χ3n) is 4.37. The molecule has 0 bridgehead atoms. The Kier molecular flexibility index (Phi) is 5.15. The van der Waals surface area contributed by atoms with Crippen molar-refractivity contribution in [2.24, 2.45) is 11.3 Å². The summed E-state index contributed by atoms with van der Waals surface area (Å²) >= 11 is 5.91. The largest absolute Gasteiger partial charge is 0.335 e. The normalized spacial score (nSPS) is 22.7. The van der Waals surface area contributed by atoms with Crippen LogP contribution in [0.5, 0.6) is 0 Å². The van der Waals surface area contributed by atoms with Gasteiger partial charge < -0.3 is 10.6 Å². The topological polar surface area (TPSA) is 41.1 Å². The lowest BCUT2D eigenvalue weighted by Gasteiger charge is -2.37. The zero-order valence-corrected chi connectivity index (χ0v) is 13.8. The molecule has 0 saturated heterocycles. The van der Waals surface area contributed by atoms with Crippen molar-refractivity contribution >= 4 is 23.3 Å². The summed E-state index contributed by atoms with van der Waals surface area (Å²) in [7, 11) is 0. The average Bonchev–Trinajstić information content (AvgIpc) is 2.38. The number of anilines is 1. The Morgan fingerprint density at radius 2 is 1.86 bits per heavy atom. The second kappa shape index (κ2) is 6.69. The lowest BCUT2D eigenvalue weighted by Crippen LogP contribution is -2.41. The van der Waals surface area contributed by atoms with Crippen molar-refractivity contribution in [2.45, 2.75) is 52.5 Å². The fourth-order valence-electron chi connectivity index (χ4n) is 3.02. The maximum absolute atomic E-state index is 12.0. The van der Waals surface area contributed by atoms with Gasteiger partial charge in [0.2, 0.25) is 0 Å².